The molecule has 0 amide bonds. The lowest BCUT2D eigenvalue weighted by molar-refractivity contribution is 0.189. The van der Waals surface area contributed by atoms with Gasteiger partial charge in [-0.05, 0) is 53.0 Å². The van der Waals surface area contributed by atoms with Gasteiger partial charge in [-0.3, -0.25) is 14.3 Å². The molecule has 2 N–H and O–H groups in total. The van der Waals surface area contributed by atoms with Crippen molar-refractivity contribution in [3.05, 3.63) is 82.8 Å². The van der Waals surface area contributed by atoms with E-state index in [2.05, 4.69) is 85.2 Å². The summed E-state index contributed by atoms with van der Waals surface area (Å²) in [6.45, 7) is 18.4. The molecular weight excluding hydrogens is 577 g/mol. The van der Waals surface area contributed by atoms with E-state index >= 15 is 0 Å². The summed E-state index contributed by atoms with van der Waals surface area (Å²) in [5.41, 5.74) is 9.02. The normalized spacial score (nSPS) is 14.3. The molecule has 0 unspecified atom stereocenters. The van der Waals surface area contributed by atoms with E-state index in [4.69, 9.17) is 4.98 Å². The first-order valence-corrected chi connectivity index (χ1v) is 18.3. The van der Waals surface area contributed by atoms with Gasteiger partial charge in [-0.25, -0.2) is 4.98 Å². The molecule has 0 spiro atoms. The summed E-state index contributed by atoms with van der Waals surface area (Å²) in [7, 11) is -2.02. The van der Waals surface area contributed by atoms with E-state index in [9.17, 15) is 9.90 Å². The van der Waals surface area contributed by atoms with Crippen LogP contribution in [0, 0.1) is 11.5 Å². The van der Waals surface area contributed by atoms with Crippen molar-refractivity contribution in [3.63, 3.8) is 0 Å². The number of aliphatic hydroxyl groups excluding tert-OH is 1. The minimum atomic E-state index is -2.02. The van der Waals surface area contributed by atoms with Gasteiger partial charge in [0.05, 0.1) is 17.7 Å². The van der Waals surface area contributed by atoms with Crippen molar-refractivity contribution in [2.45, 2.75) is 58.2 Å². The molecule has 8 nitrogen and oxygen atoms in total. The Morgan fingerprint density at radius 3 is 2.13 bits per heavy atom. The van der Waals surface area contributed by atoms with Crippen molar-refractivity contribution < 1.29 is 5.11 Å². The lowest BCUT2D eigenvalue weighted by Crippen LogP contribution is -2.47. The third kappa shape index (κ3) is 6.83. The van der Waals surface area contributed by atoms with Gasteiger partial charge >= 0.3 is 0 Å². The zero-order valence-electron chi connectivity index (χ0n) is 27.4. The van der Waals surface area contributed by atoms with Crippen LogP contribution in [0.25, 0.3) is 16.7 Å². The molecule has 3 heterocycles. The quantitative estimate of drug-likeness (QED) is 0.170. The number of anilines is 3. The van der Waals surface area contributed by atoms with Gasteiger partial charge in [-0.15, -0.1) is 5.54 Å². The number of fused-ring (bicyclic) bond motifs is 1. The van der Waals surface area contributed by atoms with E-state index in [1.807, 2.05) is 42.5 Å². The van der Waals surface area contributed by atoms with Gasteiger partial charge in [0, 0.05) is 61.9 Å². The van der Waals surface area contributed by atoms with Gasteiger partial charge in [0.1, 0.15) is 8.07 Å². The largest absolute Gasteiger partial charge is 0.395 e. The molecular formula is C36H46N6O2Si. The molecule has 1 aliphatic heterocycles. The highest BCUT2D eigenvalue weighted by molar-refractivity contribution is 6.90. The van der Waals surface area contributed by atoms with Gasteiger partial charge in [0.15, 0.2) is 5.65 Å². The molecule has 1 fully saturated rings. The number of hydrogen-bond donors (Lipinski definition) is 2. The number of piperazine rings is 1. The standard InChI is InChI=1S/C36H46N6O2Si/c1-26(2)45(27(3)4,28(5)6)23-16-29-24-34(44)42(32-10-8-7-9-11-32)35-33(29)25-37-36(39-35)38-30-12-14-31(15-13-30)41-19-17-40(18-20-41)21-22-43/h7-15,24-28,43H,17-22H2,1-6H3,(H,37,38,39). The molecule has 236 valence electrons. The molecule has 0 radical (unpaired) electrons. The molecule has 0 bridgehead atoms. The van der Waals surface area contributed by atoms with E-state index in [1.54, 1.807) is 16.8 Å². The maximum absolute atomic E-state index is 13.7. The molecule has 2 aromatic carbocycles. The Bertz CT molecular complexity index is 1690. The van der Waals surface area contributed by atoms with Crippen LogP contribution < -0.4 is 15.8 Å². The molecule has 1 aliphatic rings. The van der Waals surface area contributed by atoms with E-state index in [0.29, 0.717) is 33.8 Å². The van der Waals surface area contributed by atoms with Crippen LogP contribution in [0.4, 0.5) is 17.3 Å². The van der Waals surface area contributed by atoms with Crippen LogP contribution in [0.2, 0.25) is 16.6 Å². The minimum Gasteiger partial charge on any atom is -0.395 e. The van der Waals surface area contributed by atoms with Crippen molar-refractivity contribution in [2.24, 2.45) is 0 Å². The Balaban J connectivity index is 1.51. The SMILES string of the molecule is CC(C)[Si](C#Cc1cc(=O)n(-c2ccccc2)c2nc(Nc3ccc(N4CCN(CCO)CC4)cc3)ncc12)(C(C)C)C(C)C. The van der Waals surface area contributed by atoms with Crippen LogP contribution in [0.1, 0.15) is 47.1 Å². The van der Waals surface area contributed by atoms with Gasteiger partial charge in [0.25, 0.3) is 5.56 Å². The first kappa shape index (κ1) is 32.4. The van der Waals surface area contributed by atoms with Crippen LogP contribution >= 0.6 is 0 Å². The Labute approximate surface area is 268 Å². The van der Waals surface area contributed by atoms with Crippen LogP contribution in [0.3, 0.4) is 0 Å². The first-order valence-electron chi connectivity index (χ1n) is 16.1. The topological polar surface area (TPSA) is 86.5 Å². The number of nitrogens with one attached hydrogen (secondary N) is 1. The molecule has 45 heavy (non-hydrogen) atoms. The van der Waals surface area contributed by atoms with Crippen molar-refractivity contribution in [2.75, 3.05) is 49.5 Å². The minimum absolute atomic E-state index is 0.169. The summed E-state index contributed by atoms with van der Waals surface area (Å²) < 4.78 is 1.64. The smallest absolute Gasteiger partial charge is 0.258 e. The summed E-state index contributed by atoms with van der Waals surface area (Å²) in [5, 5.41) is 13.3. The van der Waals surface area contributed by atoms with Crippen molar-refractivity contribution in [3.8, 4) is 17.2 Å². The summed E-state index contributed by atoms with van der Waals surface area (Å²) in [4.78, 5) is 27.9. The predicted molar refractivity (Wildman–Crippen MR) is 189 cm³/mol. The van der Waals surface area contributed by atoms with Crippen molar-refractivity contribution >= 4 is 36.4 Å². The lowest BCUT2D eigenvalue weighted by atomic mass is 10.2. The maximum Gasteiger partial charge on any atom is 0.258 e. The Morgan fingerprint density at radius 2 is 1.53 bits per heavy atom. The number of benzene rings is 2. The zero-order valence-corrected chi connectivity index (χ0v) is 28.4. The number of nitrogens with zero attached hydrogens (tertiary/aromatic N) is 5. The van der Waals surface area contributed by atoms with Gasteiger partial charge in [-0.2, -0.15) is 4.98 Å². The predicted octanol–water partition coefficient (Wildman–Crippen LogP) is 6.21. The number of aromatic nitrogens is 3. The van der Waals surface area contributed by atoms with E-state index in [1.165, 1.54) is 0 Å². The van der Waals surface area contributed by atoms with Crippen molar-refractivity contribution in [1.82, 2.24) is 19.4 Å². The Kier molecular flexibility index (Phi) is 10.1. The number of rotatable bonds is 9. The highest BCUT2D eigenvalue weighted by Gasteiger charge is 2.41. The third-order valence-electron chi connectivity index (χ3n) is 9.33. The molecule has 4 aromatic rings. The molecule has 0 atom stereocenters. The second-order valence-corrected chi connectivity index (χ2v) is 18.4. The number of aliphatic hydroxyl groups is 1. The van der Waals surface area contributed by atoms with E-state index < -0.39 is 8.07 Å². The average Bonchev–Trinajstić information content (AvgIpc) is 3.02. The van der Waals surface area contributed by atoms with E-state index in [0.717, 1.165) is 55.2 Å². The maximum atomic E-state index is 13.7. The molecule has 9 heteroatoms. The zero-order chi connectivity index (χ0) is 32.1. The van der Waals surface area contributed by atoms with Crippen LogP contribution in [-0.4, -0.2) is 71.9 Å². The highest BCUT2D eigenvalue weighted by Crippen LogP contribution is 2.41. The molecule has 0 saturated carbocycles. The van der Waals surface area contributed by atoms with E-state index in [-0.39, 0.29) is 12.2 Å². The number of β-amino-alcohol motifs (C(OH)–C–C–N with tert-alkyl or cyclic N) is 1. The summed E-state index contributed by atoms with van der Waals surface area (Å²) in [5.74, 6) is 3.90. The number of hydrogen-bond acceptors (Lipinski definition) is 7. The Morgan fingerprint density at radius 1 is 0.889 bits per heavy atom. The van der Waals surface area contributed by atoms with Gasteiger partial charge in [0.2, 0.25) is 5.95 Å². The first-order chi connectivity index (χ1) is 21.6. The van der Waals surface area contributed by atoms with Crippen LogP contribution in [-0.2, 0) is 0 Å². The van der Waals surface area contributed by atoms with Crippen LogP contribution in [0.15, 0.2) is 71.7 Å². The fraction of sp³-hybridized carbons (Fsp3) is 0.417. The lowest BCUT2D eigenvalue weighted by Gasteiger charge is -2.38. The molecule has 2 aromatic heterocycles. The van der Waals surface area contributed by atoms with Crippen LogP contribution in [0.5, 0.6) is 0 Å². The average molecular weight is 623 g/mol. The third-order valence-corrected chi connectivity index (χ3v) is 15.6. The second-order valence-electron chi connectivity index (χ2n) is 12.9. The van der Waals surface area contributed by atoms with Gasteiger partial charge in [-0.1, -0.05) is 65.7 Å². The molecule has 1 saturated heterocycles. The fourth-order valence-corrected chi connectivity index (χ4v) is 12.2. The number of para-hydroxylation sites is 1. The summed E-state index contributed by atoms with van der Waals surface area (Å²) in [6, 6.07) is 19.5. The molecule has 0 aliphatic carbocycles. The second kappa shape index (κ2) is 14.0. The van der Waals surface area contributed by atoms with Gasteiger partial charge < -0.3 is 15.3 Å². The summed E-state index contributed by atoms with van der Waals surface area (Å²) >= 11 is 0. The summed E-state index contributed by atoms with van der Waals surface area (Å²) in [6.07, 6.45) is 1.79. The monoisotopic (exact) mass is 622 g/mol. The van der Waals surface area contributed by atoms with Crippen molar-refractivity contribution in [1.29, 1.82) is 0 Å². The Hall–Kier alpha value is -3.97. The number of pyridine rings is 1. The fourth-order valence-electron chi connectivity index (χ4n) is 6.96. The highest BCUT2D eigenvalue weighted by atomic mass is 28.3. The molecule has 5 rings (SSSR count).